The number of anilines is 2. The average molecular weight is 547 g/mol. The van der Waals surface area contributed by atoms with Crippen LogP contribution in [0.4, 0.5) is 11.4 Å². The summed E-state index contributed by atoms with van der Waals surface area (Å²) >= 11 is 0. The predicted octanol–water partition coefficient (Wildman–Crippen LogP) is 11.1. The van der Waals surface area contributed by atoms with E-state index < -0.39 is 0 Å². The van der Waals surface area contributed by atoms with Gasteiger partial charge in [0, 0.05) is 40.1 Å². The first kappa shape index (κ1) is 28.1. The smallest absolute Gasteiger partial charge is 0.0534 e. The number of rotatable bonds is 2. The summed E-state index contributed by atoms with van der Waals surface area (Å²) in [7, 11) is 0. The fraction of sp³-hybridized carbons (Fsp3) is 0.487. The van der Waals surface area contributed by atoms with Gasteiger partial charge < -0.3 is 9.47 Å². The van der Waals surface area contributed by atoms with Gasteiger partial charge in [-0.1, -0.05) is 105 Å². The molecule has 216 valence electrons. The zero-order chi connectivity index (χ0) is 29.4. The summed E-state index contributed by atoms with van der Waals surface area (Å²) in [5, 5.41) is 1.41. The molecule has 0 N–H and O–H groups in total. The number of benzene rings is 3. The Kier molecular flexibility index (Phi) is 6.53. The Morgan fingerprint density at radius 1 is 0.659 bits per heavy atom. The van der Waals surface area contributed by atoms with E-state index in [0.717, 1.165) is 6.54 Å². The molecule has 0 radical (unpaired) electrons. The predicted molar refractivity (Wildman–Crippen MR) is 177 cm³/mol. The van der Waals surface area contributed by atoms with E-state index in [4.69, 9.17) is 0 Å². The van der Waals surface area contributed by atoms with Crippen molar-refractivity contribution in [1.82, 2.24) is 4.57 Å². The van der Waals surface area contributed by atoms with Crippen molar-refractivity contribution in [3.05, 3.63) is 89.6 Å². The van der Waals surface area contributed by atoms with Crippen molar-refractivity contribution in [2.45, 2.75) is 105 Å². The van der Waals surface area contributed by atoms with Gasteiger partial charge in [-0.3, -0.25) is 0 Å². The first-order valence-corrected chi connectivity index (χ1v) is 15.8. The van der Waals surface area contributed by atoms with E-state index in [2.05, 4.69) is 145 Å². The molecular weight excluding hydrogens is 496 g/mol. The summed E-state index contributed by atoms with van der Waals surface area (Å²) in [5.41, 5.74) is 10.4. The Morgan fingerprint density at radius 2 is 1.32 bits per heavy atom. The summed E-state index contributed by atoms with van der Waals surface area (Å²) in [6.07, 6.45) is 4.86. The molecule has 1 aliphatic heterocycles. The Morgan fingerprint density at radius 3 is 2.10 bits per heavy atom. The van der Waals surface area contributed by atoms with Crippen molar-refractivity contribution >= 4 is 22.3 Å². The summed E-state index contributed by atoms with van der Waals surface area (Å²) < 4.78 is 2.61. The van der Waals surface area contributed by atoms with Gasteiger partial charge in [-0.15, -0.1) is 0 Å². The van der Waals surface area contributed by atoms with Crippen LogP contribution in [-0.4, -0.2) is 11.1 Å². The van der Waals surface area contributed by atoms with Crippen LogP contribution in [0.2, 0.25) is 0 Å². The van der Waals surface area contributed by atoms with Crippen LogP contribution in [-0.2, 0) is 10.8 Å². The lowest BCUT2D eigenvalue weighted by molar-refractivity contribution is 0.219. The second-order valence-electron chi connectivity index (χ2n) is 15.9. The molecule has 2 heterocycles. The quantitative estimate of drug-likeness (QED) is 0.243. The fourth-order valence-corrected chi connectivity index (χ4v) is 7.72. The van der Waals surface area contributed by atoms with E-state index in [-0.39, 0.29) is 21.7 Å². The van der Waals surface area contributed by atoms with E-state index in [9.17, 15) is 0 Å². The normalized spacial score (nSPS) is 22.8. The molecular formula is C39H50N2. The van der Waals surface area contributed by atoms with Crippen LogP contribution in [0, 0.1) is 10.8 Å². The van der Waals surface area contributed by atoms with Crippen molar-refractivity contribution in [2.24, 2.45) is 10.8 Å². The number of para-hydroxylation sites is 2. The van der Waals surface area contributed by atoms with Crippen LogP contribution >= 0.6 is 0 Å². The first-order chi connectivity index (χ1) is 19.2. The van der Waals surface area contributed by atoms with Crippen molar-refractivity contribution in [1.29, 1.82) is 0 Å². The minimum atomic E-state index is 0.105. The molecule has 2 aliphatic rings. The zero-order valence-corrected chi connectivity index (χ0v) is 26.9. The Balaban J connectivity index is 1.58. The van der Waals surface area contributed by atoms with Gasteiger partial charge in [-0.05, 0) is 89.3 Å². The van der Waals surface area contributed by atoms with Gasteiger partial charge in [-0.2, -0.15) is 0 Å². The molecule has 2 heteroatoms. The third kappa shape index (κ3) is 4.72. The van der Waals surface area contributed by atoms with Crippen LogP contribution in [0.1, 0.15) is 111 Å². The Bertz CT molecular complexity index is 1600. The number of aromatic nitrogens is 1. The number of nitrogens with zero attached hydrogens (tertiary/aromatic N) is 2. The van der Waals surface area contributed by atoms with E-state index in [1.165, 1.54) is 64.9 Å². The molecule has 3 aromatic carbocycles. The van der Waals surface area contributed by atoms with Crippen LogP contribution in [0.3, 0.4) is 0 Å². The molecule has 0 amide bonds. The lowest BCUT2D eigenvalue weighted by Gasteiger charge is -2.41. The molecule has 41 heavy (non-hydrogen) atoms. The lowest BCUT2D eigenvalue weighted by atomic mass is 9.65. The average Bonchev–Trinajstić information content (AvgIpc) is 3.31. The molecule has 0 spiro atoms. The molecule has 4 aromatic rings. The number of hydrogen-bond donors (Lipinski definition) is 0. The van der Waals surface area contributed by atoms with Crippen LogP contribution < -0.4 is 4.90 Å². The van der Waals surface area contributed by atoms with E-state index in [1.807, 2.05) is 0 Å². The molecule has 1 aromatic heterocycles. The van der Waals surface area contributed by atoms with E-state index in [1.54, 1.807) is 5.56 Å². The molecule has 0 bridgehead atoms. The van der Waals surface area contributed by atoms with Gasteiger partial charge in [0.1, 0.15) is 0 Å². The monoisotopic (exact) mass is 546 g/mol. The molecule has 1 unspecified atom stereocenters. The van der Waals surface area contributed by atoms with Crippen LogP contribution in [0.15, 0.2) is 72.8 Å². The molecule has 6 rings (SSSR count). The van der Waals surface area contributed by atoms with Gasteiger partial charge in [0.25, 0.3) is 0 Å². The maximum absolute atomic E-state index is 2.63. The second kappa shape index (κ2) is 9.51. The fourth-order valence-electron chi connectivity index (χ4n) is 7.72. The third-order valence-electron chi connectivity index (χ3n) is 10.9. The van der Waals surface area contributed by atoms with Gasteiger partial charge >= 0.3 is 0 Å². The topological polar surface area (TPSA) is 8.17 Å². The highest BCUT2D eigenvalue weighted by molar-refractivity contribution is 5.89. The molecule has 1 aliphatic carbocycles. The maximum atomic E-state index is 2.63. The summed E-state index contributed by atoms with van der Waals surface area (Å²) in [6, 6.07) is 27.7. The first-order valence-electron chi connectivity index (χ1n) is 15.8. The SMILES string of the molecule is CC1c2ccccc2N(c2cccc(-n3c4c(c5ccccc53)C(C)(C)CCC4(C)C)c2)CC(C)(C)CCC1(C)C. The third-order valence-corrected chi connectivity index (χ3v) is 10.9. The van der Waals surface area contributed by atoms with E-state index in [0.29, 0.717) is 5.92 Å². The standard InChI is InChI=1S/C39H50N2/c1-27-30-17-10-12-19-32(30)40(26-36(2,3)21-22-37(27,4)5)28-15-14-16-29(25-28)41-33-20-13-11-18-31(33)34-35(41)39(8,9)24-23-38(34,6)7/h10-20,25,27H,21-24,26H2,1-9H3. The minimum Gasteiger partial charge on any atom is -0.341 e. The van der Waals surface area contributed by atoms with Crippen molar-refractivity contribution < 1.29 is 0 Å². The largest absolute Gasteiger partial charge is 0.341 e. The van der Waals surface area contributed by atoms with Crippen molar-refractivity contribution in [3.8, 4) is 5.69 Å². The van der Waals surface area contributed by atoms with Crippen molar-refractivity contribution in [2.75, 3.05) is 11.4 Å². The van der Waals surface area contributed by atoms with Gasteiger partial charge in [0.2, 0.25) is 0 Å². The lowest BCUT2D eigenvalue weighted by Crippen LogP contribution is -2.35. The Labute approximate surface area is 248 Å². The van der Waals surface area contributed by atoms with Gasteiger partial charge in [0.15, 0.2) is 0 Å². The number of hydrogen-bond acceptors (Lipinski definition) is 1. The minimum absolute atomic E-state index is 0.105. The molecule has 2 nitrogen and oxygen atoms in total. The number of fused-ring (bicyclic) bond motifs is 4. The van der Waals surface area contributed by atoms with E-state index >= 15 is 0 Å². The molecule has 0 saturated carbocycles. The molecule has 0 saturated heterocycles. The van der Waals surface area contributed by atoms with Gasteiger partial charge in [-0.25, -0.2) is 0 Å². The maximum Gasteiger partial charge on any atom is 0.0534 e. The molecule has 1 atom stereocenters. The van der Waals surface area contributed by atoms with Crippen molar-refractivity contribution in [3.63, 3.8) is 0 Å². The Hall–Kier alpha value is -3.00. The highest BCUT2D eigenvalue weighted by Gasteiger charge is 2.42. The summed E-state index contributed by atoms with van der Waals surface area (Å²) in [6.45, 7) is 23.1. The second-order valence-corrected chi connectivity index (χ2v) is 15.9. The summed E-state index contributed by atoms with van der Waals surface area (Å²) in [4.78, 5) is 2.63. The highest BCUT2D eigenvalue weighted by Crippen LogP contribution is 2.52. The zero-order valence-electron chi connectivity index (χ0n) is 26.9. The summed E-state index contributed by atoms with van der Waals surface area (Å²) in [5.74, 6) is 0.474. The van der Waals surface area contributed by atoms with Gasteiger partial charge in [0.05, 0.1) is 5.52 Å². The van der Waals surface area contributed by atoms with Crippen LogP contribution in [0.25, 0.3) is 16.6 Å². The molecule has 0 fully saturated rings. The van der Waals surface area contributed by atoms with Crippen LogP contribution in [0.5, 0.6) is 0 Å². The highest BCUT2D eigenvalue weighted by atomic mass is 15.1.